The predicted molar refractivity (Wildman–Crippen MR) is 67.9 cm³/mol. The Morgan fingerprint density at radius 1 is 1.31 bits per heavy atom. The molecule has 0 aromatic rings. The van der Waals surface area contributed by atoms with E-state index in [1.54, 1.807) is 0 Å². The fourth-order valence-electron chi connectivity index (χ4n) is 1.19. The first kappa shape index (κ1) is 15.7. The monoisotopic (exact) mass is 249 g/mol. The molecule has 0 aliphatic heterocycles. The van der Waals surface area contributed by atoms with Crippen molar-refractivity contribution in [3.05, 3.63) is 0 Å². The molecule has 1 atom stereocenters. The molecule has 0 saturated carbocycles. The van der Waals surface area contributed by atoms with Crippen LogP contribution in [-0.4, -0.2) is 29.5 Å². The largest absolute Gasteiger partial charge is 0.366 e. The summed E-state index contributed by atoms with van der Waals surface area (Å²) in [4.78, 5) is 11.7. The van der Waals surface area contributed by atoms with Gasteiger partial charge >= 0.3 is 0 Å². The lowest BCUT2D eigenvalue weighted by molar-refractivity contribution is -0.132. The normalized spacial score (nSPS) is 15.6. The third kappa shape index (κ3) is 7.07. The zero-order chi connectivity index (χ0) is 12.8. The summed E-state index contributed by atoms with van der Waals surface area (Å²) in [5.41, 5.74) is -0.507. The summed E-state index contributed by atoms with van der Waals surface area (Å²) in [6.07, 6.45) is 1.63. The van der Waals surface area contributed by atoms with Crippen LogP contribution in [0, 0.1) is 0 Å². The Kier molecular flexibility index (Phi) is 6.34. The molecule has 0 saturated heterocycles. The third-order valence-electron chi connectivity index (χ3n) is 2.50. The van der Waals surface area contributed by atoms with Gasteiger partial charge in [-0.05, 0) is 40.5 Å². The summed E-state index contributed by atoms with van der Waals surface area (Å²) < 4.78 is 5.41. The van der Waals surface area contributed by atoms with Crippen molar-refractivity contribution in [3.8, 4) is 0 Å². The highest BCUT2D eigenvalue weighted by Gasteiger charge is 2.24. The van der Waals surface area contributed by atoms with E-state index in [1.165, 1.54) is 0 Å². The third-order valence-corrected chi connectivity index (χ3v) is 2.69. The molecule has 0 rings (SSSR count). The molecule has 0 radical (unpaired) electrons. The lowest BCUT2D eigenvalue weighted by Crippen LogP contribution is -2.47. The van der Waals surface area contributed by atoms with Gasteiger partial charge in [0.2, 0.25) is 5.91 Å². The standard InChI is InChI=1S/C12H24ClNO2/c1-6-12(5,7-8-13)14-10(15)9-16-11(2,3)4/h6-9H2,1-5H3,(H,14,15). The molecule has 3 nitrogen and oxygen atoms in total. The number of nitrogens with one attached hydrogen (secondary N) is 1. The highest BCUT2D eigenvalue weighted by molar-refractivity contribution is 6.17. The number of hydrogen-bond acceptors (Lipinski definition) is 2. The second kappa shape index (κ2) is 6.45. The lowest BCUT2D eigenvalue weighted by atomic mass is 9.95. The molecule has 4 heteroatoms. The van der Waals surface area contributed by atoms with Crippen molar-refractivity contribution in [1.29, 1.82) is 0 Å². The number of halogens is 1. The SMILES string of the molecule is CCC(C)(CCCl)NC(=O)COC(C)(C)C. The summed E-state index contributed by atoms with van der Waals surface area (Å²) in [7, 11) is 0. The quantitative estimate of drug-likeness (QED) is 0.735. The van der Waals surface area contributed by atoms with E-state index in [2.05, 4.69) is 5.32 Å². The predicted octanol–water partition coefficient (Wildman–Crippen LogP) is 2.72. The maximum atomic E-state index is 11.7. The average Bonchev–Trinajstić information content (AvgIpc) is 2.14. The van der Waals surface area contributed by atoms with Gasteiger partial charge in [0.25, 0.3) is 0 Å². The fraction of sp³-hybridized carbons (Fsp3) is 0.917. The lowest BCUT2D eigenvalue weighted by Gasteiger charge is -2.29. The van der Waals surface area contributed by atoms with E-state index in [-0.39, 0.29) is 23.7 Å². The van der Waals surface area contributed by atoms with E-state index in [1.807, 2.05) is 34.6 Å². The highest BCUT2D eigenvalue weighted by Crippen LogP contribution is 2.15. The van der Waals surface area contributed by atoms with Gasteiger partial charge in [0.05, 0.1) is 5.60 Å². The molecule has 0 aromatic carbocycles. The second-order valence-electron chi connectivity index (χ2n) is 5.30. The van der Waals surface area contributed by atoms with Crippen molar-refractivity contribution in [1.82, 2.24) is 5.32 Å². The summed E-state index contributed by atoms with van der Waals surface area (Å²) in [5.74, 6) is 0.467. The van der Waals surface area contributed by atoms with Gasteiger partial charge in [-0.3, -0.25) is 4.79 Å². The molecular formula is C12H24ClNO2. The van der Waals surface area contributed by atoms with Crippen LogP contribution in [0.5, 0.6) is 0 Å². The Bertz CT molecular complexity index is 226. The van der Waals surface area contributed by atoms with Crippen molar-refractivity contribution in [2.24, 2.45) is 0 Å². The van der Waals surface area contributed by atoms with E-state index in [4.69, 9.17) is 16.3 Å². The van der Waals surface area contributed by atoms with Crippen LogP contribution < -0.4 is 5.32 Å². The van der Waals surface area contributed by atoms with Crippen LogP contribution in [0.25, 0.3) is 0 Å². The number of hydrogen-bond donors (Lipinski definition) is 1. The molecule has 16 heavy (non-hydrogen) atoms. The van der Waals surface area contributed by atoms with Crippen molar-refractivity contribution in [2.45, 2.75) is 58.6 Å². The van der Waals surface area contributed by atoms with Crippen LogP contribution in [0.3, 0.4) is 0 Å². The van der Waals surface area contributed by atoms with Gasteiger partial charge in [0, 0.05) is 11.4 Å². The molecule has 0 fully saturated rings. The number of ether oxygens (including phenoxy) is 1. The smallest absolute Gasteiger partial charge is 0.246 e. The Labute approximate surface area is 104 Å². The second-order valence-corrected chi connectivity index (χ2v) is 5.68. The number of amides is 1. The molecule has 0 aromatic heterocycles. The van der Waals surface area contributed by atoms with Crippen LogP contribution >= 0.6 is 11.6 Å². The number of alkyl halides is 1. The van der Waals surface area contributed by atoms with Crippen LogP contribution in [-0.2, 0) is 9.53 Å². The first-order valence-electron chi connectivity index (χ1n) is 5.73. The first-order chi connectivity index (χ1) is 7.22. The van der Waals surface area contributed by atoms with Gasteiger partial charge < -0.3 is 10.1 Å². The maximum Gasteiger partial charge on any atom is 0.246 e. The van der Waals surface area contributed by atoms with Crippen LogP contribution in [0.4, 0.5) is 0 Å². The van der Waals surface area contributed by atoms with E-state index < -0.39 is 0 Å². The Hall–Kier alpha value is -0.280. The molecule has 0 aliphatic rings. The zero-order valence-electron chi connectivity index (χ0n) is 11.0. The number of carbonyl (C=O) groups excluding carboxylic acids is 1. The Morgan fingerprint density at radius 2 is 1.88 bits per heavy atom. The first-order valence-corrected chi connectivity index (χ1v) is 6.27. The van der Waals surface area contributed by atoms with Gasteiger partial charge in [-0.2, -0.15) is 0 Å². The van der Waals surface area contributed by atoms with Crippen molar-refractivity contribution in [3.63, 3.8) is 0 Å². The number of rotatable bonds is 6. The zero-order valence-corrected chi connectivity index (χ0v) is 11.8. The van der Waals surface area contributed by atoms with E-state index in [9.17, 15) is 4.79 Å². The topological polar surface area (TPSA) is 38.3 Å². The van der Waals surface area contributed by atoms with Crippen molar-refractivity contribution in [2.75, 3.05) is 12.5 Å². The van der Waals surface area contributed by atoms with Crippen LogP contribution in [0.1, 0.15) is 47.5 Å². The molecule has 0 spiro atoms. The highest BCUT2D eigenvalue weighted by atomic mass is 35.5. The van der Waals surface area contributed by atoms with Crippen LogP contribution in [0.15, 0.2) is 0 Å². The Morgan fingerprint density at radius 3 is 2.25 bits per heavy atom. The molecular weight excluding hydrogens is 226 g/mol. The van der Waals surface area contributed by atoms with Gasteiger partial charge in [0.1, 0.15) is 6.61 Å². The van der Waals surface area contributed by atoms with Gasteiger partial charge in [0.15, 0.2) is 0 Å². The average molecular weight is 250 g/mol. The molecule has 0 aliphatic carbocycles. The molecule has 0 bridgehead atoms. The summed E-state index contributed by atoms with van der Waals surface area (Å²) in [5, 5.41) is 2.97. The van der Waals surface area contributed by atoms with Crippen molar-refractivity contribution >= 4 is 17.5 Å². The van der Waals surface area contributed by atoms with Gasteiger partial charge in [-0.25, -0.2) is 0 Å². The summed E-state index contributed by atoms with van der Waals surface area (Å²) in [6, 6.07) is 0. The van der Waals surface area contributed by atoms with Crippen molar-refractivity contribution < 1.29 is 9.53 Å². The maximum absolute atomic E-state index is 11.7. The van der Waals surface area contributed by atoms with E-state index in [0.717, 1.165) is 12.8 Å². The molecule has 96 valence electrons. The summed E-state index contributed by atoms with van der Waals surface area (Å²) >= 11 is 5.72. The molecule has 1 unspecified atom stereocenters. The van der Waals surface area contributed by atoms with Gasteiger partial charge in [-0.1, -0.05) is 6.92 Å². The Balaban J connectivity index is 4.11. The molecule has 1 N–H and O–H groups in total. The molecule has 1 amide bonds. The van der Waals surface area contributed by atoms with Gasteiger partial charge in [-0.15, -0.1) is 11.6 Å². The minimum absolute atomic E-state index is 0.0793. The minimum Gasteiger partial charge on any atom is -0.366 e. The van der Waals surface area contributed by atoms with E-state index in [0.29, 0.717) is 5.88 Å². The minimum atomic E-state index is -0.285. The van der Waals surface area contributed by atoms with Crippen LogP contribution in [0.2, 0.25) is 0 Å². The van der Waals surface area contributed by atoms with E-state index >= 15 is 0 Å². The number of carbonyl (C=O) groups is 1. The summed E-state index contributed by atoms with van der Waals surface area (Å²) in [6.45, 7) is 9.93. The molecule has 0 heterocycles. The fourth-order valence-corrected chi connectivity index (χ4v) is 1.61.